The number of rotatable bonds is 4. The van der Waals surface area contributed by atoms with Gasteiger partial charge in [-0.15, -0.1) is 0 Å². The second-order valence-electron chi connectivity index (χ2n) is 10.2. The summed E-state index contributed by atoms with van der Waals surface area (Å²) < 4.78 is 43.3. The maximum absolute atomic E-state index is 14.6. The molecule has 2 aliphatic heterocycles. The second-order valence-corrected chi connectivity index (χ2v) is 10.2. The van der Waals surface area contributed by atoms with E-state index in [1.165, 1.54) is 6.20 Å². The van der Waals surface area contributed by atoms with Crippen molar-refractivity contribution in [3.8, 4) is 11.1 Å². The molecule has 0 unspecified atom stereocenters. The molecule has 2 saturated heterocycles. The number of aromatic nitrogens is 4. The zero-order valence-electron chi connectivity index (χ0n) is 19.5. The van der Waals surface area contributed by atoms with Gasteiger partial charge in [0.05, 0.1) is 18.4 Å². The lowest BCUT2D eigenvalue weighted by Crippen LogP contribution is -2.56. The molecule has 5 heterocycles. The number of carbonyl (C=O) groups is 1. The number of pyridine rings is 1. The van der Waals surface area contributed by atoms with Crippen molar-refractivity contribution in [1.82, 2.24) is 29.5 Å². The Bertz CT molecular complexity index is 1210. The summed E-state index contributed by atoms with van der Waals surface area (Å²) in [5.41, 5.74) is 1.90. The number of carbonyl (C=O) groups excluding carboxylic acids is 1. The fourth-order valence-corrected chi connectivity index (χ4v) is 5.89. The van der Waals surface area contributed by atoms with Crippen molar-refractivity contribution in [3.63, 3.8) is 0 Å². The third-order valence-corrected chi connectivity index (χ3v) is 8.05. The van der Waals surface area contributed by atoms with Crippen molar-refractivity contribution in [2.45, 2.75) is 56.5 Å². The first-order chi connectivity index (χ1) is 16.9. The Balaban J connectivity index is 1.02. The summed E-state index contributed by atoms with van der Waals surface area (Å²) in [6, 6.07) is 2.47. The first-order valence-electron chi connectivity index (χ1n) is 12.4. The van der Waals surface area contributed by atoms with Crippen LogP contribution in [0.25, 0.3) is 22.2 Å². The number of hydrogen-bond donors (Lipinski definition) is 1. The Kier molecular flexibility index (Phi) is 5.58. The maximum Gasteiger partial charge on any atom is 0.248 e. The topological polar surface area (TPSA) is 70.1 Å². The van der Waals surface area contributed by atoms with Crippen LogP contribution >= 0.6 is 0 Å². The Morgan fingerprint density at radius 2 is 1.80 bits per heavy atom. The number of H-pyrrole nitrogens is 1. The molecule has 0 bridgehead atoms. The molecule has 35 heavy (non-hydrogen) atoms. The highest BCUT2D eigenvalue weighted by molar-refractivity contribution is 5.92. The van der Waals surface area contributed by atoms with Crippen molar-refractivity contribution in [1.29, 1.82) is 0 Å². The predicted octanol–water partition coefficient (Wildman–Crippen LogP) is 4.24. The molecular weight excluding hydrogens is 457 g/mol. The van der Waals surface area contributed by atoms with Crippen molar-refractivity contribution in [3.05, 3.63) is 36.7 Å². The molecular formula is C25H29F3N6O. The van der Waals surface area contributed by atoms with Gasteiger partial charge < -0.3 is 9.88 Å². The van der Waals surface area contributed by atoms with Gasteiger partial charge in [-0.1, -0.05) is 0 Å². The normalized spacial score (nSPS) is 22.5. The molecule has 0 radical (unpaired) electrons. The highest BCUT2D eigenvalue weighted by Gasteiger charge is 2.40. The fourth-order valence-electron chi connectivity index (χ4n) is 5.89. The zero-order valence-corrected chi connectivity index (χ0v) is 19.5. The molecule has 3 fully saturated rings. The number of nitrogens with one attached hydrogen (secondary N) is 1. The monoisotopic (exact) mass is 486 g/mol. The van der Waals surface area contributed by atoms with Gasteiger partial charge in [0.1, 0.15) is 11.5 Å². The van der Waals surface area contributed by atoms with Gasteiger partial charge >= 0.3 is 0 Å². The molecule has 3 aromatic rings. The molecule has 0 spiro atoms. The van der Waals surface area contributed by atoms with E-state index in [1.807, 2.05) is 21.8 Å². The summed E-state index contributed by atoms with van der Waals surface area (Å²) in [5.74, 6) is -3.15. The molecule has 1 N–H and O–H groups in total. The van der Waals surface area contributed by atoms with Gasteiger partial charge in [-0.05, 0) is 31.7 Å². The van der Waals surface area contributed by atoms with Crippen LogP contribution in [0.2, 0.25) is 0 Å². The largest absolute Gasteiger partial charge is 0.346 e. The molecule has 3 aliphatic rings. The Morgan fingerprint density at radius 3 is 2.54 bits per heavy atom. The summed E-state index contributed by atoms with van der Waals surface area (Å²) in [5, 5.41) is 5.25. The first kappa shape index (κ1) is 22.6. The van der Waals surface area contributed by atoms with E-state index < -0.39 is 5.92 Å². The summed E-state index contributed by atoms with van der Waals surface area (Å²) in [6.07, 6.45) is 8.65. The van der Waals surface area contributed by atoms with Gasteiger partial charge in [-0.25, -0.2) is 18.2 Å². The number of aromatic amines is 1. The van der Waals surface area contributed by atoms with E-state index in [2.05, 4.69) is 20.0 Å². The van der Waals surface area contributed by atoms with Gasteiger partial charge in [0, 0.05) is 79.9 Å². The summed E-state index contributed by atoms with van der Waals surface area (Å²) >= 11 is 0. The Labute approximate surface area is 201 Å². The van der Waals surface area contributed by atoms with E-state index in [1.54, 1.807) is 12.4 Å². The molecule has 3 aromatic heterocycles. The van der Waals surface area contributed by atoms with Crippen molar-refractivity contribution in [2.75, 3.05) is 26.2 Å². The number of hydrogen-bond acceptors (Lipinski definition) is 4. The van der Waals surface area contributed by atoms with E-state index in [4.69, 9.17) is 0 Å². The SMILES string of the molecule is O=C(C1CCC(F)(F)CC1)N1CCC(N2CC(n3cc(-c4c(F)cnc5[nH]ccc45)cn3)C2)CC1. The van der Waals surface area contributed by atoms with Crippen LogP contribution in [0.3, 0.4) is 0 Å². The lowest BCUT2D eigenvalue weighted by Gasteiger charge is -2.47. The lowest BCUT2D eigenvalue weighted by atomic mass is 9.85. The third kappa shape index (κ3) is 4.22. The summed E-state index contributed by atoms with van der Waals surface area (Å²) in [7, 11) is 0. The highest BCUT2D eigenvalue weighted by Crippen LogP contribution is 2.38. The van der Waals surface area contributed by atoms with Crippen LogP contribution in [-0.2, 0) is 4.79 Å². The van der Waals surface area contributed by atoms with Gasteiger partial charge in [0.25, 0.3) is 0 Å². The molecule has 1 amide bonds. The van der Waals surface area contributed by atoms with Crippen molar-refractivity contribution in [2.24, 2.45) is 5.92 Å². The smallest absolute Gasteiger partial charge is 0.248 e. The second kappa shape index (κ2) is 8.65. The van der Waals surface area contributed by atoms with E-state index in [-0.39, 0.29) is 36.5 Å². The van der Waals surface area contributed by atoms with Gasteiger partial charge in [0.15, 0.2) is 0 Å². The molecule has 1 saturated carbocycles. The minimum atomic E-state index is -2.60. The van der Waals surface area contributed by atoms with Crippen LogP contribution in [0.1, 0.15) is 44.6 Å². The highest BCUT2D eigenvalue weighted by atomic mass is 19.3. The number of nitrogens with zero attached hydrogens (tertiary/aromatic N) is 5. The number of alkyl halides is 2. The molecule has 10 heteroatoms. The average Bonchev–Trinajstić information content (AvgIpc) is 3.48. The van der Waals surface area contributed by atoms with E-state index >= 15 is 0 Å². The van der Waals surface area contributed by atoms with Crippen molar-refractivity contribution < 1.29 is 18.0 Å². The lowest BCUT2D eigenvalue weighted by molar-refractivity contribution is -0.141. The number of likely N-dealkylation sites (tertiary alicyclic amines) is 2. The Hall–Kier alpha value is -2.88. The Morgan fingerprint density at radius 1 is 1.06 bits per heavy atom. The quantitative estimate of drug-likeness (QED) is 0.599. The first-order valence-corrected chi connectivity index (χ1v) is 12.4. The van der Waals surface area contributed by atoms with E-state index in [0.717, 1.165) is 36.9 Å². The van der Waals surface area contributed by atoms with Crippen molar-refractivity contribution >= 4 is 16.9 Å². The maximum atomic E-state index is 14.6. The minimum absolute atomic E-state index is 0.0596. The molecule has 186 valence electrons. The standard InChI is InChI=1S/C25H29F3N6O/c26-21-12-30-23-20(3-8-29-23)22(21)17-11-31-34(13-17)19-14-33(15-19)18-4-9-32(10-5-18)24(35)16-1-6-25(27,28)7-2-16/h3,8,11-13,16,18-19H,1-2,4-7,9-10,14-15H2,(H,29,30). The number of fused-ring (bicyclic) bond motifs is 1. The average molecular weight is 487 g/mol. The summed E-state index contributed by atoms with van der Waals surface area (Å²) in [6.45, 7) is 3.13. The predicted molar refractivity (Wildman–Crippen MR) is 124 cm³/mol. The number of amides is 1. The van der Waals surface area contributed by atoms with Crippen LogP contribution in [0.15, 0.2) is 30.9 Å². The van der Waals surface area contributed by atoms with Crippen LogP contribution < -0.4 is 0 Å². The minimum Gasteiger partial charge on any atom is -0.346 e. The van der Waals surface area contributed by atoms with Crippen LogP contribution in [0, 0.1) is 11.7 Å². The van der Waals surface area contributed by atoms with Crippen LogP contribution in [-0.4, -0.2) is 73.6 Å². The zero-order chi connectivity index (χ0) is 24.2. The van der Waals surface area contributed by atoms with Crippen LogP contribution in [0.5, 0.6) is 0 Å². The summed E-state index contributed by atoms with van der Waals surface area (Å²) in [4.78, 5) is 24.2. The molecule has 1 aliphatic carbocycles. The number of halogens is 3. The molecule has 6 rings (SSSR count). The van der Waals surface area contributed by atoms with E-state index in [9.17, 15) is 18.0 Å². The van der Waals surface area contributed by atoms with E-state index in [0.29, 0.717) is 43.2 Å². The molecule has 0 atom stereocenters. The number of piperidine rings is 1. The molecule has 7 nitrogen and oxygen atoms in total. The van der Waals surface area contributed by atoms with Gasteiger partial charge in [-0.2, -0.15) is 5.10 Å². The van der Waals surface area contributed by atoms with Gasteiger partial charge in [-0.3, -0.25) is 14.4 Å². The van der Waals surface area contributed by atoms with Crippen LogP contribution in [0.4, 0.5) is 13.2 Å². The molecule has 0 aromatic carbocycles. The fraction of sp³-hybridized carbons (Fsp3) is 0.560. The van der Waals surface area contributed by atoms with Gasteiger partial charge in [0.2, 0.25) is 11.8 Å². The third-order valence-electron chi connectivity index (χ3n) is 8.05.